The number of hydrogen-bond donors (Lipinski definition) is 1. The molecular weight excluding hydrogens is 402 g/mol. The number of aromatic amines is 1. The van der Waals surface area contributed by atoms with Gasteiger partial charge in [0.05, 0.1) is 22.3 Å². The third kappa shape index (κ3) is 3.91. The SMILES string of the molecule is O=c1[nH]c(CN2CCN(S(=O)(=O)c3ccc(F)c(F)c3)CC2)nc2ccccc12. The van der Waals surface area contributed by atoms with Crippen molar-refractivity contribution < 1.29 is 17.2 Å². The zero-order chi connectivity index (χ0) is 20.6. The van der Waals surface area contributed by atoms with Crippen LogP contribution in [0.5, 0.6) is 0 Å². The Hall–Kier alpha value is -2.69. The van der Waals surface area contributed by atoms with Gasteiger partial charge >= 0.3 is 0 Å². The highest BCUT2D eigenvalue weighted by molar-refractivity contribution is 7.89. The fourth-order valence-electron chi connectivity index (χ4n) is 3.34. The van der Waals surface area contributed by atoms with E-state index in [1.807, 2.05) is 4.90 Å². The maximum absolute atomic E-state index is 13.4. The van der Waals surface area contributed by atoms with Gasteiger partial charge in [0.1, 0.15) is 5.82 Å². The summed E-state index contributed by atoms with van der Waals surface area (Å²) in [4.78, 5) is 21.1. The number of nitrogens with one attached hydrogen (secondary N) is 1. The maximum Gasteiger partial charge on any atom is 0.258 e. The highest BCUT2D eigenvalue weighted by Gasteiger charge is 2.29. The van der Waals surface area contributed by atoms with E-state index in [1.165, 1.54) is 4.31 Å². The minimum atomic E-state index is -3.91. The summed E-state index contributed by atoms with van der Waals surface area (Å²) in [5.41, 5.74) is 0.385. The second-order valence-corrected chi connectivity index (χ2v) is 8.72. The molecule has 152 valence electrons. The molecule has 2 heterocycles. The van der Waals surface area contributed by atoms with Crippen molar-refractivity contribution >= 4 is 20.9 Å². The number of benzene rings is 2. The van der Waals surface area contributed by atoms with Gasteiger partial charge in [0.15, 0.2) is 11.6 Å². The van der Waals surface area contributed by atoms with Crippen LogP contribution in [0.25, 0.3) is 10.9 Å². The van der Waals surface area contributed by atoms with Crippen LogP contribution < -0.4 is 5.56 Å². The first kappa shape index (κ1) is 19.6. The smallest absolute Gasteiger partial charge is 0.258 e. The molecule has 0 bridgehead atoms. The molecule has 1 aromatic heterocycles. The van der Waals surface area contributed by atoms with Crippen LogP contribution in [0.2, 0.25) is 0 Å². The first-order chi connectivity index (χ1) is 13.8. The number of piperazine rings is 1. The van der Waals surface area contributed by atoms with E-state index in [1.54, 1.807) is 24.3 Å². The van der Waals surface area contributed by atoms with Crippen LogP contribution in [0.15, 0.2) is 52.2 Å². The number of para-hydroxylation sites is 1. The summed E-state index contributed by atoms with van der Waals surface area (Å²) in [5.74, 6) is -1.78. The minimum absolute atomic E-state index is 0.194. The summed E-state index contributed by atoms with van der Waals surface area (Å²) < 4.78 is 53.1. The summed E-state index contributed by atoms with van der Waals surface area (Å²) in [7, 11) is -3.91. The molecule has 0 amide bonds. The number of rotatable bonds is 4. The normalized spacial score (nSPS) is 16.3. The van der Waals surface area contributed by atoms with Gasteiger partial charge in [-0.25, -0.2) is 22.2 Å². The van der Waals surface area contributed by atoms with E-state index < -0.39 is 21.7 Å². The van der Waals surface area contributed by atoms with Gasteiger partial charge in [-0.3, -0.25) is 9.69 Å². The Kier molecular flexibility index (Phi) is 5.15. The van der Waals surface area contributed by atoms with Crippen molar-refractivity contribution in [1.29, 1.82) is 0 Å². The van der Waals surface area contributed by atoms with Gasteiger partial charge < -0.3 is 4.98 Å². The Morgan fingerprint density at radius 1 is 1.00 bits per heavy atom. The molecule has 2 aromatic carbocycles. The quantitative estimate of drug-likeness (QED) is 0.695. The molecule has 1 aliphatic heterocycles. The predicted octanol–water partition coefficient (Wildman–Crippen LogP) is 1.71. The van der Waals surface area contributed by atoms with E-state index in [4.69, 9.17) is 0 Å². The molecule has 29 heavy (non-hydrogen) atoms. The van der Waals surface area contributed by atoms with Gasteiger partial charge in [-0.1, -0.05) is 12.1 Å². The molecule has 7 nitrogen and oxygen atoms in total. The van der Waals surface area contributed by atoms with E-state index in [9.17, 15) is 22.0 Å². The minimum Gasteiger partial charge on any atom is -0.309 e. The van der Waals surface area contributed by atoms with Crippen molar-refractivity contribution in [2.75, 3.05) is 26.2 Å². The van der Waals surface area contributed by atoms with Crippen molar-refractivity contribution in [2.45, 2.75) is 11.4 Å². The number of nitrogens with zero attached hydrogens (tertiary/aromatic N) is 3. The lowest BCUT2D eigenvalue weighted by molar-refractivity contribution is 0.178. The van der Waals surface area contributed by atoms with Crippen molar-refractivity contribution in [3.8, 4) is 0 Å². The van der Waals surface area contributed by atoms with Crippen LogP contribution in [0.1, 0.15) is 5.82 Å². The molecule has 3 aromatic rings. The molecule has 0 atom stereocenters. The summed E-state index contributed by atoms with van der Waals surface area (Å²) in [6.07, 6.45) is 0. The summed E-state index contributed by atoms with van der Waals surface area (Å²) >= 11 is 0. The lowest BCUT2D eigenvalue weighted by Gasteiger charge is -2.33. The monoisotopic (exact) mass is 420 g/mol. The van der Waals surface area contributed by atoms with Crippen molar-refractivity contribution in [2.24, 2.45) is 0 Å². The van der Waals surface area contributed by atoms with Crippen LogP contribution in [-0.4, -0.2) is 53.8 Å². The first-order valence-corrected chi connectivity index (χ1v) is 10.4. The van der Waals surface area contributed by atoms with Crippen LogP contribution in [0.3, 0.4) is 0 Å². The van der Waals surface area contributed by atoms with Crippen LogP contribution in [-0.2, 0) is 16.6 Å². The Morgan fingerprint density at radius 2 is 1.72 bits per heavy atom. The van der Waals surface area contributed by atoms with Gasteiger partial charge in [0, 0.05) is 26.2 Å². The zero-order valence-electron chi connectivity index (χ0n) is 15.3. The maximum atomic E-state index is 13.4. The van der Waals surface area contributed by atoms with Gasteiger partial charge in [-0.05, 0) is 30.3 Å². The topological polar surface area (TPSA) is 86.4 Å². The number of aromatic nitrogens is 2. The molecule has 1 aliphatic rings. The summed E-state index contributed by atoms with van der Waals surface area (Å²) in [5, 5.41) is 0.513. The summed E-state index contributed by atoms with van der Waals surface area (Å²) in [6.45, 7) is 1.59. The number of sulfonamides is 1. The molecule has 0 saturated carbocycles. The average molecular weight is 420 g/mol. The Balaban J connectivity index is 1.45. The Morgan fingerprint density at radius 3 is 2.45 bits per heavy atom. The van der Waals surface area contributed by atoms with Crippen LogP contribution >= 0.6 is 0 Å². The van der Waals surface area contributed by atoms with E-state index in [-0.39, 0.29) is 23.5 Å². The molecule has 1 saturated heterocycles. The highest BCUT2D eigenvalue weighted by atomic mass is 32.2. The first-order valence-electron chi connectivity index (χ1n) is 9.00. The lowest BCUT2D eigenvalue weighted by atomic mass is 10.2. The van der Waals surface area contributed by atoms with Crippen molar-refractivity contribution in [1.82, 2.24) is 19.2 Å². The predicted molar refractivity (Wildman–Crippen MR) is 103 cm³/mol. The highest BCUT2D eigenvalue weighted by Crippen LogP contribution is 2.20. The van der Waals surface area contributed by atoms with Gasteiger partial charge in [-0.15, -0.1) is 0 Å². The molecule has 0 aliphatic carbocycles. The van der Waals surface area contributed by atoms with E-state index in [2.05, 4.69) is 9.97 Å². The fourth-order valence-corrected chi connectivity index (χ4v) is 4.77. The molecular formula is C19H18F2N4O3S. The number of H-pyrrole nitrogens is 1. The van der Waals surface area contributed by atoms with E-state index in [0.717, 1.165) is 12.1 Å². The van der Waals surface area contributed by atoms with Gasteiger partial charge in [0.2, 0.25) is 10.0 Å². The zero-order valence-corrected chi connectivity index (χ0v) is 16.1. The second kappa shape index (κ2) is 7.62. The molecule has 4 rings (SSSR count). The van der Waals surface area contributed by atoms with Crippen molar-refractivity contribution in [3.63, 3.8) is 0 Å². The largest absolute Gasteiger partial charge is 0.309 e. The third-order valence-corrected chi connectivity index (χ3v) is 6.79. The van der Waals surface area contributed by atoms with E-state index in [0.29, 0.717) is 42.4 Å². The summed E-state index contributed by atoms with van der Waals surface area (Å²) in [6, 6.07) is 9.60. The molecule has 1 N–H and O–H groups in total. The molecule has 0 radical (unpaired) electrons. The molecule has 0 unspecified atom stereocenters. The molecule has 0 spiro atoms. The standard InChI is InChI=1S/C19H18F2N4O3S/c20-15-6-5-13(11-16(15)21)29(27,28)25-9-7-24(8-10-25)12-18-22-17-4-2-1-3-14(17)19(26)23-18/h1-6,11H,7-10,12H2,(H,22,23,26). The molecule has 10 heteroatoms. The Labute approximate surface area is 165 Å². The average Bonchev–Trinajstić information content (AvgIpc) is 2.70. The van der Waals surface area contributed by atoms with Crippen LogP contribution in [0, 0.1) is 11.6 Å². The van der Waals surface area contributed by atoms with Gasteiger partial charge in [-0.2, -0.15) is 4.31 Å². The second-order valence-electron chi connectivity index (χ2n) is 6.79. The van der Waals surface area contributed by atoms with Gasteiger partial charge in [0.25, 0.3) is 5.56 Å². The third-order valence-electron chi connectivity index (χ3n) is 4.90. The number of fused-ring (bicyclic) bond motifs is 1. The Bertz CT molecular complexity index is 1220. The fraction of sp³-hybridized carbons (Fsp3) is 0.263. The van der Waals surface area contributed by atoms with Crippen LogP contribution in [0.4, 0.5) is 8.78 Å². The molecule has 1 fully saturated rings. The van der Waals surface area contributed by atoms with Crippen molar-refractivity contribution in [3.05, 3.63) is 70.3 Å². The lowest BCUT2D eigenvalue weighted by Crippen LogP contribution is -2.48. The van der Waals surface area contributed by atoms with E-state index >= 15 is 0 Å². The number of halogens is 2. The number of hydrogen-bond acceptors (Lipinski definition) is 5.